The number of hydrogen-bond donors (Lipinski definition) is 1. The van der Waals surface area contributed by atoms with Crippen LogP contribution in [0.2, 0.25) is 0 Å². The Labute approximate surface area is 235 Å². The van der Waals surface area contributed by atoms with E-state index in [1.807, 2.05) is 27.7 Å². The normalized spacial score (nSPS) is 31.9. The molecule has 3 rings (SSSR count). The van der Waals surface area contributed by atoms with Crippen LogP contribution in [-0.2, 0) is 19.1 Å². The first-order valence-electron chi connectivity index (χ1n) is 14.9. The SMILES string of the molecule is C=CCN(CCCCC)C(=O)C1N([C@@H](CO)C(C)C)C(=O)[C@@H]2[C@H](C(=O)N(CC=C)CCC)[C@@]3(C)OC12CC3C. The summed E-state index contributed by atoms with van der Waals surface area (Å²) in [5.74, 6) is -2.15. The predicted molar refractivity (Wildman–Crippen MR) is 153 cm³/mol. The number of carbonyl (C=O) groups is 3. The summed E-state index contributed by atoms with van der Waals surface area (Å²) in [5.41, 5.74) is -1.99. The summed E-state index contributed by atoms with van der Waals surface area (Å²) >= 11 is 0. The summed E-state index contributed by atoms with van der Waals surface area (Å²) < 4.78 is 6.90. The lowest BCUT2D eigenvalue weighted by atomic mass is 9.62. The highest BCUT2D eigenvalue weighted by Gasteiger charge is 2.80. The number of fused-ring (bicyclic) bond motifs is 1. The lowest BCUT2D eigenvalue weighted by Crippen LogP contribution is -2.60. The highest BCUT2D eigenvalue weighted by atomic mass is 16.5. The van der Waals surface area contributed by atoms with Gasteiger partial charge < -0.3 is 24.5 Å². The Hall–Kier alpha value is -2.19. The molecule has 3 aliphatic heterocycles. The maximum atomic E-state index is 14.5. The molecule has 0 aromatic rings. The van der Waals surface area contributed by atoms with Gasteiger partial charge in [-0.05, 0) is 38.0 Å². The number of aliphatic hydroxyl groups is 1. The molecule has 3 saturated heterocycles. The average molecular weight is 546 g/mol. The summed E-state index contributed by atoms with van der Waals surface area (Å²) in [6, 6.07) is -1.47. The molecule has 3 fully saturated rings. The summed E-state index contributed by atoms with van der Waals surface area (Å²) in [5, 5.41) is 10.5. The van der Waals surface area contributed by atoms with Crippen molar-refractivity contribution < 1.29 is 24.2 Å². The van der Waals surface area contributed by atoms with Crippen molar-refractivity contribution in [1.82, 2.24) is 14.7 Å². The van der Waals surface area contributed by atoms with E-state index in [1.54, 1.807) is 26.9 Å². The number of aliphatic hydroxyl groups excluding tert-OH is 1. The largest absolute Gasteiger partial charge is 0.394 e. The zero-order valence-electron chi connectivity index (χ0n) is 25.0. The number of hydrogen-bond acceptors (Lipinski definition) is 5. The molecular weight excluding hydrogens is 494 g/mol. The number of amides is 3. The molecule has 8 heteroatoms. The molecule has 0 aliphatic carbocycles. The van der Waals surface area contributed by atoms with E-state index in [4.69, 9.17) is 4.74 Å². The van der Waals surface area contributed by atoms with Gasteiger partial charge in [-0.15, -0.1) is 13.2 Å². The van der Waals surface area contributed by atoms with E-state index in [0.717, 1.165) is 25.7 Å². The average Bonchev–Trinajstić information content (AvgIpc) is 3.40. The number of rotatable bonds is 15. The van der Waals surface area contributed by atoms with Crippen molar-refractivity contribution in [3.8, 4) is 0 Å². The quantitative estimate of drug-likeness (QED) is 0.251. The molecule has 3 heterocycles. The van der Waals surface area contributed by atoms with Crippen molar-refractivity contribution in [2.24, 2.45) is 23.7 Å². The van der Waals surface area contributed by atoms with Gasteiger partial charge in [0.1, 0.15) is 11.6 Å². The summed E-state index contributed by atoms with van der Waals surface area (Å²) in [4.78, 5) is 48.3. The van der Waals surface area contributed by atoms with Crippen LogP contribution in [-0.4, -0.2) is 93.6 Å². The van der Waals surface area contributed by atoms with E-state index in [1.165, 1.54) is 0 Å². The van der Waals surface area contributed by atoms with Gasteiger partial charge in [0.25, 0.3) is 0 Å². The van der Waals surface area contributed by atoms with Crippen LogP contribution < -0.4 is 0 Å². The Kier molecular flexibility index (Phi) is 10.1. The van der Waals surface area contributed by atoms with Gasteiger partial charge in [-0.3, -0.25) is 14.4 Å². The molecule has 8 nitrogen and oxygen atoms in total. The smallest absolute Gasteiger partial charge is 0.248 e. The van der Waals surface area contributed by atoms with Gasteiger partial charge in [-0.2, -0.15) is 0 Å². The minimum absolute atomic E-state index is 0.0301. The Morgan fingerprint density at radius 1 is 1.10 bits per heavy atom. The fraction of sp³-hybridized carbons (Fsp3) is 0.774. The molecule has 1 N–H and O–H groups in total. The van der Waals surface area contributed by atoms with Crippen molar-refractivity contribution in [3.05, 3.63) is 25.3 Å². The molecule has 39 heavy (non-hydrogen) atoms. The van der Waals surface area contributed by atoms with Gasteiger partial charge in [0, 0.05) is 26.2 Å². The second-order valence-corrected chi connectivity index (χ2v) is 12.3. The third kappa shape index (κ3) is 5.19. The first kappa shape index (κ1) is 31.3. The zero-order valence-corrected chi connectivity index (χ0v) is 25.0. The maximum absolute atomic E-state index is 14.5. The Bertz CT molecular complexity index is 937. The second kappa shape index (κ2) is 12.5. The number of nitrogens with zero attached hydrogens (tertiary/aromatic N) is 3. The maximum Gasteiger partial charge on any atom is 0.248 e. The van der Waals surface area contributed by atoms with Crippen molar-refractivity contribution >= 4 is 17.7 Å². The van der Waals surface area contributed by atoms with Gasteiger partial charge in [0.2, 0.25) is 17.7 Å². The zero-order chi connectivity index (χ0) is 29.1. The lowest BCUT2D eigenvalue weighted by molar-refractivity contribution is -0.158. The molecular formula is C31H51N3O5. The molecule has 3 unspecified atom stereocenters. The van der Waals surface area contributed by atoms with Crippen LogP contribution in [0.4, 0.5) is 0 Å². The molecule has 0 aromatic carbocycles. The van der Waals surface area contributed by atoms with E-state index in [9.17, 15) is 19.5 Å². The fourth-order valence-corrected chi connectivity index (χ4v) is 7.40. The van der Waals surface area contributed by atoms with Crippen LogP contribution >= 0.6 is 0 Å². The molecule has 3 amide bonds. The van der Waals surface area contributed by atoms with Gasteiger partial charge in [-0.1, -0.05) is 59.6 Å². The van der Waals surface area contributed by atoms with Crippen LogP contribution in [0.5, 0.6) is 0 Å². The molecule has 3 aliphatic rings. The lowest BCUT2D eigenvalue weighted by Gasteiger charge is -2.40. The van der Waals surface area contributed by atoms with Crippen LogP contribution in [0.3, 0.4) is 0 Å². The van der Waals surface area contributed by atoms with Gasteiger partial charge >= 0.3 is 0 Å². The highest BCUT2D eigenvalue weighted by molar-refractivity contribution is 5.99. The van der Waals surface area contributed by atoms with Crippen molar-refractivity contribution in [3.63, 3.8) is 0 Å². The highest BCUT2D eigenvalue weighted by Crippen LogP contribution is 2.66. The fourth-order valence-electron chi connectivity index (χ4n) is 7.40. The van der Waals surface area contributed by atoms with E-state index < -0.39 is 35.1 Å². The Morgan fingerprint density at radius 3 is 2.23 bits per heavy atom. The van der Waals surface area contributed by atoms with Gasteiger partial charge in [0.05, 0.1) is 30.1 Å². The van der Waals surface area contributed by atoms with E-state index in [2.05, 4.69) is 27.0 Å². The third-order valence-corrected chi connectivity index (χ3v) is 9.41. The van der Waals surface area contributed by atoms with Crippen molar-refractivity contribution in [2.45, 2.75) is 96.9 Å². The minimum atomic E-state index is -1.12. The first-order chi connectivity index (χ1) is 18.5. The molecule has 220 valence electrons. The van der Waals surface area contributed by atoms with E-state index >= 15 is 0 Å². The van der Waals surface area contributed by atoms with E-state index in [-0.39, 0.29) is 36.2 Å². The Balaban J connectivity index is 2.16. The molecule has 0 saturated carbocycles. The van der Waals surface area contributed by atoms with Crippen LogP contribution in [0.1, 0.15) is 73.6 Å². The second-order valence-electron chi connectivity index (χ2n) is 12.3. The van der Waals surface area contributed by atoms with Gasteiger partial charge in [-0.25, -0.2) is 0 Å². The van der Waals surface area contributed by atoms with Gasteiger partial charge in [0.15, 0.2) is 0 Å². The monoisotopic (exact) mass is 545 g/mol. The molecule has 7 atom stereocenters. The third-order valence-electron chi connectivity index (χ3n) is 9.41. The van der Waals surface area contributed by atoms with Crippen LogP contribution in [0, 0.1) is 23.7 Å². The van der Waals surface area contributed by atoms with E-state index in [0.29, 0.717) is 32.6 Å². The first-order valence-corrected chi connectivity index (χ1v) is 14.9. The minimum Gasteiger partial charge on any atom is -0.394 e. The summed E-state index contributed by atoms with van der Waals surface area (Å²) in [6.07, 6.45) is 7.59. The molecule has 2 bridgehead atoms. The van der Waals surface area contributed by atoms with Crippen LogP contribution in [0.15, 0.2) is 25.3 Å². The molecule has 0 aromatic heterocycles. The summed E-state index contributed by atoms with van der Waals surface area (Å²) in [6.45, 7) is 21.3. The molecule has 0 radical (unpaired) electrons. The number of unbranched alkanes of at least 4 members (excludes halogenated alkanes) is 2. The van der Waals surface area contributed by atoms with Crippen molar-refractivity contribution in [2.75, 3.05) is 32.8 Å². The number of ether oxygens (including phenoxy) is 1. The summed E-state index contributed by atoms with van der Waals surface area (Å²) in [7, 11) is 0. The standard InChI is InChI=1S/C31H51N3O5/c1-9-13-14-18-33(17-12-4)29(38)26-31-19-22(7)30(8,39-31)24(27(36)32(15-10-2)16-11-3)25(31)28(37)34(26)23(20-35)21(5)6/h10,12,21-26,35H,2,4,9,11,13-20H2,1,3,5-8H3/t22?,23-,24+,25-,26?,30-,31?/m0/s1. The van der Waals surface area contributed by atoms with Crippen LogP contribution in [0.25, 0.3) is 0 Å². The topological polar surface area (TPSA) is 90.4 Å². The van der Waals surface area contributed by atoms with Crippen molar-refractivity contribution in [1.29, 1.82) is 0 Å². The number of carbonyl (C=O) groups excluding carboxylic acids is 3. The number of likely N-dealkylation sites (tertiary alicyclic amines) is 1. The Morgan fingerprint density at radius 2 is 1.72 bits per heavy atom. The predicted octanol–water partition coefficient (Wildman–Crippen LogP) is 3.64. The molecule has 1 spiro atoms.